The van der Waals surface area contributed by atoms with E-state index in [-0.39, 0.29) is 24.0 Å². The second-order valence-corrected chi connectivity index (χ2v) is 7.70. The minimum absolute atomic E-state index is 0.233. The van der Waals surface area contributed by atoms with E-state index in [1.165, 1.54) is 5.56 Å². The first-order valence-corrected chi connectivity index (χ1v) is 9.05. The fourth-order valence-electron chi connectivity index (χ4n) is 3.13. The molecule has 0 spiro atoms. The molecule has 0 aliphatic carbocycles. The molecule has 0 aliphatic heterocycles. The highest BCUT2D eigenvalue weighted by Crippen LogP contribution is 2.22. The van der Waals surface area contributed by atoms with Crippen LogP contribution in [-0.2, 0) is 6.54 Å². The van der Waals surface area contributed by atoms with E-state index in [0.717, 1.165) is 24.0 Å². The Morgan fingerprint density at radius 3 is 1.74 bits per heavy atom. The Labute approximate surface area is 142 Å². The maximum absolute atomic E-state index is 10.5. The van der Waals surface area contributed by atoms with Crippen LogP contribution in [0.2, 0.25) is 0 Å². The number of rotatable bonds is 10. The van der Waals surface area contributed by atoms with Crippen LogP contribution >= 0.6 is 0 Å². The van der Waals surface area contributed by atoms with Crippen LogP contribution in [0.25, 0.3) is 0 Å². The molecule has 23 heavy (non-hydrogen) atoms. The lowest BCUT2D eigenvalue weighted by Gasteiger charge is -2.42. The SMILES string of the molecule is CCC[N+](Cc1ccccc1)(C[C@H](O)C(C)C)C[C@H](O)C(C)C. The Kier molecular flexibility index (Phi) is 8.24. The van der Waals surface area contributed by atoms with Crippen molar-refractivity contribution < 1.29 is 14.7 Å². The van der Waals surface area contributed by atoms with Crippen molar-refractivity contribution in [3.63, 3.8) is 0 Å². The van der Waals surface area contributed by atoms with Crippen LogP contribution in [0.1, 0.15) is 46.6 Å². The molecule has 0 fully saturated rings. The van der Waals surface area contributed by atoms with E-state index in [2.05, 4.69) is 58.9 Å². The summed E-state index contributed by atoms with van der Waals surface area (Å²) in [7, 11) is 0. The molecule has 0 heterocycles. The number of benzene rings is 1. The van der Waals surface area contributed by atoms with Gasteiger partial charge in [-0.2, -0.15) is 0 Å². The highest BCUT2D eigenvalue weighted by Gasteiger charge is 2.34. The van der Waals surface area contributed by atoms with Crippen molar-refractivity contribution in [2.24, 2.45) is 11.8 Å². The summed E-state index contributed by atoms with van der Waals surface area (Å²) >= 11 is 0. The topological polar surface area (TPSA) is 40.5 Å². The first-order chi connectivity index (χ1) is 10.8. The van der Waals surface area contributed by atoms with E-state index in [1.807, 2.05) is 6.07 Å². The summed E-state index contributed by atoms with van der Waals surface area (Å²) in [4.78, 5) is 0. The summed E-state index contributed by atoms with van der Waals surface area (Å²) in [5.41, 5.74) is 1.27. The molecule has 132 valence electrons. The highest BCUT2D eigenvalue weighted by atomic mass is 16.3. The molecule has 1 aromatic carbocycles. The van der Waals surface area contributed by atoms with Crippen molar-refractivity contribution in [2.45, 2.75) is 59.8 Å². The van der Waals surface area contributed by atoms with Gasteiger partial charge in [0.2, 0.25) is 0 Å². The van der Waals surface area contributed by atoms with Gasteiger partial charge < -0.3 is 14.7 Å². The average molecular weight is 323 g/mol. The zero-order valence-electron chi connectivity index (χ0n) is 15.6. The quantitative estimate of drug-likeness (QED) is 0.648. The second kappa shape index (κ2) is 9.41. The van der Waals surface area contributed by atoms with Crippen LogP contribution in [0.15, 0.2) is 30.3 Å². The van der Waals surface area contributed by atoms with Crippen LogP contribution in [-0.4, -0.2) is 46.5 Å². The van der Waals surface area contributed by atoms with Gasteiger partial charge in [0.05, 0.1) is 6.54 Å². The summed E-state index contributed by atoms with van der Waals surface area (Å²) < 4.78 is 0.749. The lowest BCUT2D eigenvalue weighted by molar-refractivity contribution is -0.947. The van der Waals surface area contributed by atoms with Gasteiger partial charge in [-0.15, -0.1) is 0 Å². The van der Waals surface area contributed by atoms with Crippen LogP contribution in [0.5, 0.6) is 0 Å². The minimum Gasteiger partial charge on any atom is -0.387 e. The number of aliphatic hydroxyl groups is 2. The molecule has 0 radical (unpaired) electrons. The Balaban J connectivity index is 3.06. The molecule has 1 rings (SSSR count). The maximum Gasteiger partial charge on any atom is 0.106 e. The summed E-state index contributed by atoms with van der Waals surface area (Å²) in [6.45, 7) is 13.7. The van der Waals surface area contributed by atoms with Crippen molar-refractivity contribution in [1.29, 1.82) is 0 Å². The van der Waals surface area contributed by atoms with E-state index in [0.29, 0.717) is 13.1 Å². The molecule has 0 aromatic heterocycles. The van der Waals surface area contributed by atoms with Gasteiger partial charge in [0.25, 0.3) is 0 Å². The van der Waals surface area contributed by atoms with Crippen LogP contribution in [0.4, 0.5) is 0 Å². The molecule has 2 N–H and O–H groups in total. The molecular formula is C20H36NO2+. The fraction of sp³-hybridized carbons (Fsp3) is 0.700. The summed E-state index contributed by atoms with van der Waals surface area (Å²) in [6.07, 6.45) is 0.358. The molecule has 3 heteroatoms. The highest BCUT2D eigenvalue weighted by molar-refractivity contribution is 5.13. The number of hydrogen-bond donors (Lipinski definition) is 2. The third-order valence-electron chi connectivity index (χ3n) is 4.75. The number of hydrogen-bond acceptors (Lipinski definition) is 2. The van der Waals surface area contributed by atoms with Crippen LogP contribution in [0, 0.1) is 11.8 Å². The predicted octanol–water partition coefficient (Wildman–Crippen LogP) is 3.45. The smallest absolute Gasteiger partial charge is 0.106 e. The predicted molar refractivity (Wildman–Crippen MR) is 97.0 cm³/mol. The number of aliphatic hydroxyl groups excluding tert-OH is 2. The van der Waals surface area contributed by atoms with Gasteiger partial charge >= 0.3 is 0 Å². The molecular weight excluding hydrogens is 286 g/mol. The lowest BCUT2D eigenvalue weighted by Crippen LogP contribution is -2.56. The number of quaternary nitrogens is 1. The minimum atomic E-state index is -0.343. The molecule has 0 amide bonds. The van der Waals surface area contributed by atoms with Crippen molar-refractivity contribution >= 4 is 0 Å². The third-order valence-corrected chi connectivity index (χ3v) is 4.75. The molecule has 0 saturated heterocycles. The van der Waals surface area contributed by atoms with Gasteiger partial charge in [-0.3, -0.25) is 0 Å². The summed E-state index contributed by atoms with van der Waals surface area (Å²) in [5.74, 6) is 0.465. The molecule has 3 nitrogen and oxygen atoms in total. The normalized spacial score (nSPS) is 15.2. The van der Waals surface area contributed by atoms with Gasteiger partial charge in [-0.25, -0.2) is 0 Å². The van der Waals surface area contributed by atoms with Gasteiger partial charge in [0.15, 0.2) is 0 Å². The third kappa shape index (κ3) is 6.62. The largest absolute Gasteiger partial charge is 0.387 e. The molecule has 0 aliphatic rings. The number of nitrogens with zero attached hydrogens (tertiary/aromatic N) is 1. The first kappa shape index (κ1) is 20.1. The van der Waals surface area contributed by atoms with Crippen LogP contribution < -0.4 is 0 Å². The Morgan fingerprint density at radius 2 is 1.35 bits per heavy atom. The van der Waals surface area contributed by atoms with E-state index in [1.54, 1.807) is 0 Å². The van der Waals surface area contributed by atoms with Crippen molar-refractivity contribution in [1.82, 2.24) is 0 Å². The standard InChI is InChI=1S/C20H36NO2/c1-6-12-21(14-19(22)16(2)3,15-20(23)17(4)5)13-18-10-8-7-9-11-18/h7-11,16-17,19-20,22-23H,6,12-15H2,1-5H3/q+1/t19-,20-/m0/s1. The Bertz CT molecular complexity index is 415. The molecule has 2 atom stereocenters. The molecule has 0 unspecified atom stereocenters. The molecule has 1 aromatic rings. The summed E-state index contributed by atoms with van der Waals surface area (Å²) in [6, 6.07) is 10.4. The Morgan fingerprint density at radius 1 is 0.870 bits per heavy atom. The van der Waals surface area contributed by atoms with E-state index in [9.17, 15) is 10.2 Å². The van der Waals surface area contributed by atoms with E-state index >= 15 is 0 Å². The second-order valence-electron chi connectivity index (χ2n) is 7.70. The van der Waals surface area contributed by atoms with Gasteiger partial charge in [0.1, 0.15) is 31.8 Å². The zero-order chi connectivity index (χ0) is 17.5. The van der Waals surface area contributed by atoms with Crippen molar-refractivity contribution in [2.75, 3.05) is 19.6 Å². The zero-order valence-corrected chi connectivity index (χ0v) is 15.6. The van der Waals surface area contributed by atoms with E-state index in [4.69, 9.17) is 0 Å². The van der Waals surface area contributed by atoms with Gasteiger partial charge in [0, 0.05) is 5.56 Å². The average Bonchev–Trinajstić information content (AvgIpc) is 2.48. The fourth-order valence-corrected chi connectivity index (χ4v) is 3.13. The maximum atomic E-state index is 10.5. The monoisotopic (exact) mass is 322 g/mol. The van der Waals surface area contributed by atoms with Gasteiger partial charge in [-0.05, 0) is 18.3 Å². The van der Waals surface area contributed by atoms with Crippen molar-refractivity contribution in [3.8, 4) is 0 Å². The molecule has 0 bridgehead atoms. The summed E-state index contributed by atoms with van der Waals surface area (Å²) in [5, 5.41) is 21.0. The van der Waals surface area contributed by atoms with Gasteiger partial charge in [-0.1, -0.05) is 65.0 Å². The van der Waals surface area contributed by atoms with E-state index < -0.39 is 0 Å². The lowest BCUT2D eigenvalue weighted by atomic mass is 10.0. The van der Waals surface area contributed by atoms with Crippen LogP contribution in [0.3, 0.4) is 0 Å². The van der Waals surface area contributed by atoms with Crippen molar-refractivity contribution in [3.05, 3.63) is 35.9 Å². The molecule has 0 saturated carbocycles. The Hall–Kier alpha value is -0.900. The first-order valence-electron chi connectivity index (χ1n) is 9.05.